The summed E-state index contributed by atoms with van der Waals surface area (Å²) < 4.78 is 0.637. The maximum Gasteiger partial charge on any atom is 0.190 e. The van der Waals surface area contributed by atoms with Crippen LogP contribution in [0.5, 0.6) is 0 Å². The molecular weight excluding hydrogens is 294 g/mol. The van der Waals surface area contributed by atoms with Gasteiger partial charge in [-0.15, -0.1) is 0 Å². The van der Waals surface area contributed by atoms with Crippen LogP contribution in [-0.2, 0) is 4.84 Å². The van der Waals surface area contributed by atoms with Crippen LogP contribution in [0.1, 0.15) is 24.8 Å². The van der Waals surface area contributed by atoms with Gasteiger partial charge in [-0.05, 0) is 32.0 Å². The van der Waals surface area contributed by atoms with E-state index < -0.39 is 6.10 Å². The Labute approximate surface area is 129 Å². The summed E-state index contributed by atoms with van der Waals surface area (Å²) in [5.41, 5.74) is 0.472. The van der Waals surface area contributed by atoms with Crippen LogP contribution in [0.25, 0.3) is 0 Å². The van der Waals surface area contributed by atoms with Crippen molar-refractivity contribution in [3.05, 3.63) is 35.3 Å². The number of nitrogens with zero attached hydrogens (tertiary/aromatic N) is 3. The predicted molar refractivity (Wildman–Crippen MR) is 80.0 cm³/mol. The highest BCUT2D eigenvalue weighted by Gasteiger charge is 2.15. The van der Waals surface area contributed by atoms with Crippen molar-refractivity contribution in [2.75, 3.05) is 26.2 Å². The number of β-amino-alcohol motifs (C(OH)–C–C–N with tert-alkyl or cyclic N) is 1. The van der Waals surface area contributed by atoms with Crippen LogP contribution in [0.15, 0.2) is 29.7 Å². The van der Waals surface area contributed by atoms with E-state index in [1.54, 1.807) is 12.1 Å². The first kappa shape index (κ1) is 16.0. The minimum atomic E-state index is -0.600. The summed E-state index contributed by atoms with van der Waals surface area (Å²) in [6.45, 7) is 2.71. The summed E-state index contributed by atoms with van der Waals surface area (Å²) in [7, 11) is 0. The lowest BCUT2D eigenvalue weighted by Crippen LogP contribution is -2.38. The van der Waals surface area contributed by atoms with Gasteiger partial charge in [0.1, 0.15) is 12.7 Å². The van der Waals surface area contributed by atoms with E-state index in [1.807, 2.05) is 0 Å². The van der Waals surface area contributed by atoms with E-state index in [-0.39, 0.29) is 11.8 Å². The van der Waals surface area contributed by atoms with Gasteiger partial charge in [-0.1, -0.05) is 23.2 Å². The number of halogens is 1. The molecule has 0 radical (unpaired) electrons. The quantitative estimate of drug-likeness (QED) is 0.369. The molecule has 0 spiro atoms. The Bertz CT molecular complexity index is 478. The van der Waals surface area contributed by atoms with Crippen LogP contribution in [0, 0.1) is 5.21 Å². The van der Waals surface area contributed by atoms with Crippen molar-refractivity contribution >= 4 is 16.8 Å². The van der Waals surface area contributed by atoms with E-state index in [0.29, 0.717) is 16.8 Å². The number of aliphatic hydroxyl groups excluding tert-OH is 1. The van der Waals surface area contributed by atoms with E-state index in [2.05, 4.69) is 10.1 Å². The lowest BCUT2D eigenvalue weighted by Gasteiger charge is -2.27. The van der Waals surface area contributed by atoms with Crippen molar-refractivity contribution in [3.8, 4) is 0 Å². The summed E-state index contributed by atoms with van der Waals surface area (Å²) >= 11 is 5.93. The molecule has 0 bridgehead atoms. The van der Waals surface area contributed by atoms with Crippen LogP contribution < -0.4 is 4.73 Å². The molecule has 1 saturated heterocycles. The van der Waals surface area contributed by atoms with Crippen molar-refractivity contribution in [3.63, 3.8) is 0 Å². The van der Waals surface area contributed by atoms with E-state index >= 15 is 0 Å². The number of likely N-dealkylation sites (tertiary alicyclic amines) is 1. The van der Waals surface area contributed by atoms with E-state index in [9.17, 15) is 10.3 Å². The van der Waals surface area contributed by atoms with Crippen molar-refractivity contribution in [1.82, 2.24) is 4.90 Å². The Morgan fingerprint density at radius 3 is 2.95 bits per heavy atom. The fourth-order valence-electron chi connectivity index (χ4n) is 2.30. The number of piperidine rings is 1. The average Bonchev–Trinajstić information content (AvgIpc) is 2.48. The Morgan fingerprint density at radius 1 is 1.48 bits per heavy atom. The summed E-state index contributed by atoms with van der Waals surface area (Å²) in [6.07, 6.45) is 5.69. The summed E-state index contributed by atoms with van der Waals surface area (Å²) in [5.74, 6) is 0. The standard InChI is InChI=1S/C14H20ClN3O3/c15-14(12-5-4-8-18(20)9-12)16-21-11-13(19)10-17-6-2-1-3-7-17/h4-5,8-9,13,19H,1-3,6-7,10-11H2/b16-14-/t13-/m0/s1. The van der Waals surface area contributed by atoms with Gasteiger partial charge in [0, 0.05) is 12.6 Å². The van der Waals surface area contributed by atoms with E-state index in [1.165, 1.54) is 31.7 Å². The van der Waals surface area contributed by atoms with Gasteiger partial charge in [0.25, 0.3) is 0 Å². The Hall–Kier alpha value is -1.37. The number of rotatable bonds is 6. The molecule has 1 aromatic heterocycles. The predicted octanol–water partition coefficient (Wildman–Crippen LogP) is 1.08. The monoisotopic (exact) mass is 313 g/mol. The third-order valence-corrected chi connectivity index (χ3v) is 3.63. The molecule has 1 atom stereocenters. The number of aliphatic hydroxyl groups is 1. The Morgan fingerprint density at radius 2 is 2.24 bits per heavy atom. The first-order chi connectivity index (χ1) is 10.1. The number of hydrogen-bond donors (Lipinski definition) is 1. The van der Waals surface area contributed by atoms with Gasteiger partial charge < -0.3 is 20.1 Å². The molecule has 0 amide bonds. The van der Waals surface area contributed by atoms with Gasteiger partial charge >= 0.3 is 0 Å². The molecule has 1 aliphatic rings. The maximum atomic E-state index is 11.1. The topological polar surface area (TPSA) is 72.0 Å². The molecular formula is C14H20ClN3O3. The van der Waals surface area contributed by atoms with Gasteiger partial charge in [-0.2, -0.15) is 4.73 Å². The van der Waals surface area contributed by atoms with Gasteiger partial charge in [-0.3, -0.25) is 0 Å². The fourth-order valence-corrected chi connectivity index (χ4v) is 2.46. The molecule has 2 rings (SSSR count). The largest absolute Gasteiger partial charge is 0.619 e. The third kappa shape index (κ3) is 5.49. The average molecular weight is 314 g/mol. The molecule has 0 aliphatic carbocycles. The zero-order valence-electron chi connectivity index (χ0n) is 11.8. The van der Waals surface area contributed by atoms with Crippen LogP contribution in [0.2, 0.25) is 0 Å². The van der Waals surface area contributed by atoms with Crippen molar-refractivity contribution in [2.45, 2.75) is 25.4 Å². The highest BCUT2D eigenvalue weighted by Crippen LogP contribution is 2.09. The summed E-state index contributed by atoms with van der Waals surface area (Å²) in [6, 6.07) is 3.24. The fraction of sp³-hybridized carbons (Fsp3) is 0.571. The van der Waals surface area contributed by atoms with Crippen LogP contribution in [-0.4, -0.2) is 47.5 Å². The minimum Gasteiger partial charge on any atom is -0.619 e. The second kappa shape index (κ2) is 8.17. The highest BCUT2D eigenvalue weighted by atomic mass is 35.5. The smallest absolute Gasteiger partial charge is 0.190 e. The molecule has 1 aromatic rings. The van der Waals surface area contributed by atoms with Gasteiger partial charge in [0.05, 0.1) is 5.56 Å². The van der Waals surface area contributed by atoms with Crippen molar-refractivity contribution < 1.29 is 14.7 Å². The number of aromatic nitrogens is 1. The molecule has 0 saturated carbocycles. The molecule has 21 heavy (non-hydrogen) atoms. The van der Waals surface area contributed by atoms with Crippen LogP contribution in [0.3, 0.4) is 0 Å². The first-order valence-corrected chi connectivity index (χ1v) is 7.48. The maximum absolute atomic E-state index is 11.1. The molecule has 0 unspecified atom stereocenters. The zero-order chi connectivity index (χ0) is 15.1. The van der Waals surface area contributed by atoms with Gasteiger partial charge in [0.2, 0.25) is 0 Å². The number of oxime groups is 1. The zero-order valence-corrected chi connectivity index (χ0v) is 12.6. The number of hydrogen-bond acceptors (Lipinski definition) is 5. The molecule has 116 valence electrons. The normalized spacial score (nSPS) is 18.5. The van der Waals surface area contributed by atoms with E-state index in [4.69, 9.17) is 16.4 Å². The summed E-state index contributed by atoms with van der Waals surface area (Å²) in [4.78, 5) is 7.28. The van der Waals surface area contributed by atoms with Crippen molar-refractivity contribution in [2.24, 2.45) is 5.16 Å². The lowest BCUT2D eigenvalue weighted by atomic mass is 10.1. The van der Waals surface area contributed by atoms with E-state index in [0.717, 1.165) is 13.1 Å². The number of pyridine rings is 1. The highest BCUT2D eigenvalue weighted by molar-refractivity contribution is 6.69. The lowest BCUT2D eigenvalue weighted by molar-refractivity contribution is -0.605. The molecule has 1 N–H and O–H groups in total. The molecule has 7 heteroatoms. The first-order valence-electron chi connectivity index (χ1n) is 7.10. The third-order valence-electron chi connectivity index (χ3n) is 3.34. The Kier molecular flexibility index (Phi) is 6.22. The molecule has 1 aliphatic heterocycles. The molecule has 2 heterocycles. The summed E-state index contributed by atoms with van der Waals surface area (Å²) in [5, 5.41) is 24.8. The molecule has 0 aromatic carbocycles. The van der Waals surface area contributed by atoms with Gasteiger partial charge in [0.15, 0.2) is 17.6 Å². The minimum absolute atomic E-state index is 0.0803. The second-order valence-corrected chi connectivity index (χ2v) is 5.50. The van der Waals surface area contributed by atoms with Crippen molar-refractivity contribution in [1.29, 1.82) is 0 Å². The molecule has 6 nitrogen and oxygen atoms in total. The SMILES string of the molecule is [O-][n+]1cccc(/C(Cl)=N/OC[C@@H](O)CN2CCCCC2)c1. The van der Waals surface area contributed by atoms with Crippen LogP contribution >= 0.6 is 11.6 Å². The Balaban J connectivity index is 1.75. The van der Waals surface area contributed by atoms with Crippen LogP contribution in [0.4, 0.5) is 0 Å². The van der Waals surface area contributed by atoms with Gasteiger partial charge in [-0.25, -0.2) is 0 Å². The molecule has 1 fully saturated rings. The second-order valence-electron chi connectivity index (χ2n) is 5.15.